The monoisotopic (exact) mass is 491 g/mol. The molecule has 0 saturated carbocycles. The van der Waals surface area contributed by atoms with Gasteiger partial charge >= 0.3 is 0 Å². The number of hydrogen-bond acceptors (Lipinski definition) is 3. The van der Waals surface area contributed by atoms with Gasteiger partial charge in [0, 0.05) is 11.4 Å². The molecule has 0 bridgehead atoms. The fraction of sp³-hybridized carbons (Fsp3) is 0.143. The molecule has 0 fully saturated rings. The highest BCUT2D eigenvalue weighted by Gasteiger charge is 2.29. The summed E-state index contributed by atoms with van der Waals surface area (Å²) in [5.41, 5.74) is 10.7. The van der Waals surface area contributed by atoms with Crippen LogP contribution in [0.4, 0.5) is 11.4 Å². The van der Waals surface area contributed by atoms with Crippen LogP contribution in [0.15, 0.2) is 137 Å². The van der Waals surface area contributed by atoms with E-state index in [1.165, 1.54) is 22.3 Å². The van der Waals surface area contributed by atoms with Gasteiger partial charge in [0.1, 0.15) is 6.07 Å². The minimum absolute atomic E-state index is 0.426. The minimum atomic E-state index is 0.426. The summed E-state index contributed by atoms with van der Waals surface area (Å²) in [5, 5.41) is 13.7. The number of nitriles is 1. The molecule has 2 aliphatic carbocycles. The highest BCUT2D eigenvalue weighted by Crippen LogP contribution is 2.39. The summed E-state index contributed by atoms with van der Waals surface area (Å²) in [6, 6.07) is 40.1. The van der Waals surface area contributed by atoms with Crippen molar-refractivity contribution in [3.63, 3.8) is 0 Å². The molecule has 4 aromatic carbocycles. The molecule has 38 heavy (non-hydrogen) atoms. The molecule has 3 nitrogen and oxygen atoms in total. The zero-order chi connectivity index (χ0) is 25.7. The predicted octanol–water partition coefficient (Wildman–Crippen LogP) is 9.11. The molecule has 0 aliphatic heterocycles. The van der Waals surface area contributed by atoms with Gasteiger partial charge in [0.15, 0.2) is 0 Å². The Kier molecular flexibility index (Phi) is 6.70. The molecule has 0 radical (unpaired) electrons. The van der Waals surface area contributed by atoms with Crippen LogP contribution in [0.3, 0.4) is 0 Å². The van der Waals surface area contributed by atoms with Gasteiger partial charge in [-0.25, -0.2) is 0 Å². The normalized spacial score (nSPS) is 17.9. The van der Waals surface area contributed by atoms with Crippen molar-refractivity contribution in [2.24, 2.45) is 10.9 Å². The Morgan fingerprint density at radius 1 is 0.658 bits per heavy atom. The number of nitrogens with zero attached hydrogens (tertiary/aromatic N) is 2. The zero-order valence-corrected chi connectivity index (χ0v) is 21.3. The smallest absolute Gasteiger partial charge is 0.101 e. The molecule has 0 aromatic heterocycles. The maximum absolute atomic E-state index is 10.1. The van der Waals surface area contributed by atoms with Crippen molar-refractivity contribution in [3.8, 4) is 28.3 Å². The van der Waals surface area contributed by atoms with Crippen molar-refractivity contribution in [3.05, 3.63) is 132 Å². The van der Waals surface area contributed by atoms with Gasteiger partial charge in [0.25, 0.3) is 0 Å². The van der Waals surface area contributed by atoms with Crippen molar-refractivity contribution in [2.45, 2.75) is 25.7 Å². The number of benzene rings is 4. The summed E-state index contributed by atoms with van der Waals surface area (Å²) in [7, 11) is 0. The van der Waals surface area contributed by atoms with Crippen molar-refractivity contribution in [2.75, 3.05) is 5.32 Å². The number of aliphatic imine (C=N–C) groups is 1. The van der Waals surface area contributed by atoms with E-state index in [1.807, 2.05) is 36.4 Å². The topological polar surface area (TPSA) is 48.2 Å². The van der Waals surface area contributed by atoms with Crippen LogP contribution in [0, 0.1) is 17.2 Å². The Morgan fingerprint density at radius 2 is 1.21 bits per heavy atom. The van der Waals surface area contributed by atoms with E-state index in [0.29, 0.717) is 5.92 Å². The molecule has 4 aromatic rings. The molecule has 0 saturated heterocycles. The zero-order valence-electron chi connectivity index (χ0n) is 21.3. The summed E-state index contributed by atoms with van der Waals surface area (Å²) in [4.78, 5) is 4.93. The minimum Gasteiger partial charge on any atom is -0.359 e. The van der Waals surface area contributed by atoms with Crippen LogP contribution >= 0.6 is 0 Å². The molecular weight excluding hydrogens is 462 g/mol. The summed E-state index contributed by atoms with van der Waals surface area (Å²) in [5.74, 6) is 0.426. The lowest BCUT2D eigenvalue weighted by Crippen LogP contribution is -2.22. The Hall–Kier alpha value is -4.68. The predicted molar refractivity (Wildman–Crippen MR) is 157 cm³/mol. The molecule has 184 valence electrons. The maximum atomic E-state index is 10.1. The number of nitrogens with one attached hydrogen (secondary N) is 1. The summed E-state index contributed by atoms with van der Waals surface area (Å²) >= 11 is 0. The van der Waals surface area contributed by atoms with Gasteiger partial charge in [-0.1, -0.05) is 84.9 Å². The Morgan fingerprint density at radius 3 is 1.82 bits per heavy atom. The Balaban J connectivity index is 1.24. The van der Waals surface area contributed by atoms with Crippen molar-refractivity contribution >= 4 is 17.1 Å². The van der Waals surface area contributed by atoms with E-state index in [-0.39, 0.29) is 0 Å². The standard InChI is InChI=1S/C35H29N3/c36-24-34-33-23-32(37-30-17-11-27(12-18-30)25-7-3-1-4-8-25)21-15-29(33)16-22-35(34)38-31-19-13-28(14-20-31)26-9-5-2-6-10-26/h1-14,17-20,23,29,37H,15-16,21-22H2. The number of allylic oxidation sites excluding steroid dienone is 4. The van der Waals surface area contributed by atoms with Crippen LogP contribution in [0.5, 0.6) is 0 Å². The molecule has 1 N–H and O–H groups in total. The molecule has 1 atom stereocenters. The van der Waals surface area contributed by atoms with Crippen LogP contribution in [-0.4, -0.2) is 5.71 Å². The number of rotatable bonds is 5. The molecule has 2 aliphatic rings. The van der Waals surface area contributed by atoms with Crippen molar-refractivity contribution in [1.82, 2.24) is 0 Å². The molecule has 3 heteroatoms. The van der Waals surface area contributed by atoms with E-state index < -0.39 is 0 Å². The van der Waals surface area contributed by atoms with Crippen LogP contribution in [0.1, 0.15) is 25.7 Å². The van der Waals surface area contributed by atoms with Crippen molar-refractivity contribution < 1.29 is 0 Å². The van der Waals surface area contributed by atoms with Gasteiger partial charge in [-0.15, -0.1) is 0 Å². The van der Waals surface area contributed by atoms with E-state index in [2.05, 4.69) is 90.3 Å². The first-order chi connectivity index (χ1) is 18.8. The van der Waals surface area contributed by atoms with E-state index >= 15 is 0 Å². The van der Waals surface area contributed by atoms with Gasteiger partial charge in [0.2, 0.25) is 0 Å². The SMILES string of the molecule is N#CC1=C2C=C(Nc3ccc(-c4ccccc4)cc3)CCC2CCC1=Nc1ccc(-c2ccccc2)cc1. The lowest BCUT2D eigenvalue weighted by molar-refractivity contribution is 0.512. The first kappa shape index (κ1) is 23.7. The van der Waals surface area contributed by atoms with Crippen LogP contribution in [0.25, 0.3) is 22.3 Å². The van der Waals surface area contributed by atoms with E-state index in [9.17, 15) is 5.26 Å². The fourth-order valence-corrected chi connectivity index (χ4v) is 5.46. The molecule has 0 amide bonds. The van der Waals surface area contributed by atoms with Crippen molar-refractivity contribution in [1.29, 1.82) is 5.26 Å². The van der Waals surface area contributed by atoms with E-state index in [4.69, 9.17) is 4.99 Å². The molecule has 0 heterocycles. The third kappa shape index (κ3) is 5.08. The highest BCUT2D eigenvalue weighted by atomic mass is 14.9. The summed E-state index contributed by atoms with van der Waals surface area (Å²) < 4.78 is 0. The van der Waals surface area contributed by atoms with Gasteiger partial charge < -0.3 is 5.32 Å². The van der Waals surface area contributed by atoms with Gasteiger partial charge in [-0.2, -0.15) is 5.26 Å². The number of hydrogen-bond donors (Lipinski definition) is 1. The van der Waals surface area contributed by atoms with Gasteiger partial charge in [-0.05, 0) is 89.8 Å². The Labute approximate surface area is 224 Å². The second-order valence-corrected chi connectivity index (χ2v) is 9.93. The van der Waals surface area contributed by atoms with Crippen LogP contribution < -0.4 is 5.32 Å². The average molecular weight is 492 g/mol. The molecule has 6 rings (SSSR count). The molecule has 0 spiro atoms. The third-order valence-corrected chi connectivity index (χ3v) is 7.49. The number of anilines is 1. The first-order valence-corrected chi connectivity index (χ1v) is 13.3. The van der Waals surface area contributed by atoms with Gasteiger partial charge in [-0.3, -0.25) is 4.99 Å². The first-order valence-electron chi connectivity index (χ1n) is 13.3. The molecule has 1 unspecified atom stereocenters. The lowest BCUT2D eigenvalue weighted by Gasteiger charge is -2.30. The van der Waals surface area contributed by atoms with E-state index in [0.717, 1.165) is 59.6 Å². The Bertz CT molecular complexity index is 1550. The summed E-state index contributed by atoms with van der Waals surface area (Å²) in [6.07, 6.45) is 6.12. The molecular formula is C35H29N3. The van der Waals surface area contributed by atoms with Gasteiger partial charge in [0.05, 0.1) is 17.0 Å². The quantitative estimate of drug-likeness (QED) is 0.303. The maximum Gasteiger partial charge on any atom is 0.101 e. The fourth-order valence-electron chi connectivity index (χ4n) is 5.46. The summed E-state index contributed by atoms with van der Waals surface area (Å²) in [6.45, 7) is 0. The largest absolute Gasteiger partial charge is 0.359 e. The lowest BCUT2D eigenvalue weighted by atomic mass is 9.76. The number of fused-ring (bicyclic) bond motifs is 1. The average Bonchev–Trinajstić information content (AvgIpc) is 2.99. The highest BCUT2D eigenvalue weighted by molar-refractivity contribution is 6.06. The van der Waals surface area contributed by atoms with E-state index in [1.54, 1.807) is 0 Å². The second kappa shape index (κ2) is 10.7. The third-order valence-electron chi connectivity index (χ3n) is 7.49. The second-order valence-electron chi connectivity index (χ2n) is 9.93. The van der Waals surface area contributed by atoms with Crippen LogP contribution in [-0.2, 0) is 0 Å². The van der Waals surface area contributed by atoms with Crippen LogP contribution in [0.2, 0.25) is 0 Å².